The zero-order valence-corrected chi connectivity index (χ0v) is 11.3. The second-order valence-electron chi connectivity index (χ2n) is 3.54. The van der Waals surface area contributed by atoms with E-state index in [1.54, 1.807) is 31.3 Å². The van der Waals surface area contributed by atoms with E-state index >= 15 is 0 Å². The molecule has 1 aromatic carbocycles. The zero-order chi connectivity index (χ0) is 12.4. The zero-order valence-electron chi connectivity index (χ0n) is 9.01. The van der Waals surface area contributed by atoms with Gasteiger partial charge in [-0.2, -0.15) is 0 Å². The van der Waals surface area contributed by atoms with E-state index in [4.69, 9.17) is 16.0 Å². The maximum atomic E-state index is 13.2. The van der Waals surface area contributed by atoms with Gasteiger partial charge in [0.05, 0.1) is 10.5 Å². The third kappa shape index (κ3) is 2.70. The molecule has 0 saturated heterocycles. The molecular weight excluding hydrogens is 308 g/mol. The van der Waals surface area contributed by atoms with Crippen LogP contribution < -0.4 is 5.32 Å². The maximum Gasteiger partial charge on any atom is 0.193 e. The van der Waals surface area contributed by atoms with Gasteiger partial charge in [0.25, 0.3) is 0 Å². The summed E-state index contributed by atoms with van der Waals surface area (Å²) in [6, 6.07) is 8.15. The largest absolute Gasteiger partial charge is 0.448 e. The fourth-order valence-corrected chi connectivity index (χ4v) is 2.20. The molecule has 2 nitrogen and oxygen atoms in total. The van der Waals surface area contributed by atoms with Crippen LogP contribution in [0.1, 0.15) is 17.4 Å². The molecule has 0 radical (unpaired) electrons. The van der Waals surface area contributed by atoms with Gasteiger partial charge in [-0.05, 0) is 64.4 Å². The Kier molecular flexibility index (Phi) is 3.86. The molecule has 0 saturated carbocycles. The van der Waals surface area contributed by atoms with Crippen molar-refractivity contribution in [2.75, 3.05) is 7.05 Å². The molecule has 1 atom stereocenters. The third-order valence-corrected chi connectivity index (χ3v) is 3.26. The van der Waals surface area contributed by atoms with Gasteiger partial charge in [-0.3, -0.25) is 0 Å². The van der Waals surface area contributed by atoms with Crippen LogP contribution in [0.3, 0.4) is 0 Å². The lowest BCUT2D eigenvalue weighted by atomic mass is 10.1. The normalized spacial score (nSPS) is 12.7. The highest BCUT2D eigenvalue weighted by molar-refractivity contribution is 9.10. The van der Waals surface area contributed by atoms with Crippen molar-refractivity contribution in [3.63, 3.8) is 0 Å². The number of rotatable bonds is 3. The minimum atomic E-state index is -0.291. The van der Waals surface area contributed by atoms with E-state index in [0.717, 1.165) is 5.56 Å². The Morgan fingerprint density at radius 2 is 2.12 bits per heavy atom. The van der Waals surface area contributed by atoms with Crippen LogP contribution in [0.4, 0.5) is 4.39 Å². The molecule has 1 aromatic heterocycles. The predicted octanol–water partition coefficient (Wildman–Crippen LogP) is 4.14. The summed E-state index contributed by atoms with van der Waals surface area (Å²) < 4.78 is 18.9. The topological polar surface area (TPSA) is 25.2 Å². The lowest BCUT2D eigenvalue weighted by Gasteiger charge is -2.14. The smallest absolute Gasteiger partial charge is 0.193 e. The monoisotopic (exact) mass is 317 g/mol. The number of nitrogens with one attached hydrogen (secondary N) is 1. The molecule has 0 aliphatic carbocycles. The van der Waals surface area contributed by atoms with E-state index in [0.29, 0.717) is 15.5 Å². The summed E-state index contributed by atoms with van der Waals surface area (Å²) >= 11 is 8.90. The summed E-state index contributed by atoms with van der Waals surface area (Å²) in [6.07, 6.45) is 0. The van der Waals surface area contributed by atoms with Crippen molar-refractivity contribution in [3.05, 3.63) is 57.2 Å². The molecule has 0 amide bonds. The van der Waals surface area contributed by atoms with Crippen molar-refractivity contribution in [1.29, 1.82) is 0 Å². The first-order chi connectivity index (χ1) is 8.11. The first kappa shape index (κ1) is 12.6. The maximum absolute atomic E-state index is 13.2. The van der Waals surface area contributed by atoms with Gasteiger partial charge in [0.15, 0.2) is 5.22 Å². The van der Waals surface area contributed by atoms with E-state index in [-0.39, 0.29) is 11.9 Å². The van der Waals surface area contributed by atoms with Crippen LogP contribution in [0.25, 0.3) is 0 Å². The molecule has 0 spiro atoms. The minimum Gasteiger partial charge on any atom is -0.448 e. The second kappa shape index (κ2) is 5.21. The Labute approximate surface area is 112 Å². The third-order valence-electron chi connectivity index (χ3n) is 2.44. The Balaban J connectivity index is 2.38. The Morgan fingerprint density at radius 1 is 1.35 bits per heavy atom. The highest BCUT2D eigenvalue weighted by atomic mass is 79.9. The molecule has 1 unspecified atom stereocenters. The number of hydrogen-bond donors (Lipinski definition) is 1. The molecule has 90 valence electrons. The average molecular weight is 319 g/mol. The molecule has 1 N–H and O–H groups in total. The first-order valence-electron chi connectivity index (χ1n) is 4.99. The lowest BCUT2D eigenvalue weighted by Crippen LogP contribution is -2.17. The lowest BCUT2D eigenvalue weighted by molar-refractivity contribution is 0.464. The van der Waals surface area contributed by atoms with Crippen molar-refractivity contribution in [2.24, 2.45) is 0 Å². The fraction of sp³-hybridized carbons (Fsp3) is 0.167. The number of benzene rings is 1. The van der Waals surface area contributed by atoms with Crippen molar-refractivity contribution >= 4 is 27.5 Å². The molecule has 1 heterocycles. The Hall–Kier alpha value is -0.840. The summed E-state index contributed by atoms with van der Waals surface area (Å²) in [6.45, 7) is 0. The number of furan rings is 1. The molecule has 5 heteroatoms. The van der Waals surface area contributed by atoms with Crippen LogP contribution in [0.15, 0.2) is 39.2 Å². The van der Waals surface area contributed by atoms with Gasteiger partial charge >= 0.3 is 0 Å². The summed E-state index contributed by atoms with van der Waals surface area (Å²) in [5.74, 6) is 0.400. The fourth-order valence-electron chi connectivity index (χ4n) is 1.65. The van der Waals surface area contributed by atoms with Gasteiger partial charge in [0, 0.05) is 0 Å². The minimum absolute atomic E-state index is 0.153. The van der Waals surface area contributed by atoms with Crippen LogP contribution in [-0.2, 0) is 0 Å². The van der Waals surface area contributed by atoms with Crippen molar-refractivity contribution in [2.45, 2.75) is 6.04 Å². The van der Waals surface area contributed by atoms with Crippen molar-refractivity contribution < 1.29 is 8.81 Å². The van der Waals surface area contributed by atoms with Gasteiger partial charge in [-0.1, -0.05) is 6.07 Å². The summed E-state index contributed by atoms with van der Waals surface area (Å²) in [4.78, 5) is 0. The predicted molar refractivity (Wildman–Crippen MR) is 68.7 cm³/mol. The van der Waals surface area contributed by atoms with Crippen LogP contribution in [-0.4, -0.2) is 7.05 Å². The molecule has 0 bridgehead atoms. The molecule has 2 aromatic rings. The van der Waals surface area contributed by atoms with Crippen LogP contribution >= 0.6 is 27.5 Å². The number of hydrogen-bond acceptors (Lipinski definition) is 2. The Bertz CT molecular complexity index is 529. The van der Waals surface area contributed by atoms with E-state index in [9.17, 15) is 4.39 Å². The second-order valence-corrected chi connectivity index (χ2v) is 4.76. The SMILES string of the molecule is CNC(c1ccc(F)c(Br)c1)c1ccc(Cl)o1. The van der Waals surface area contributed by atoms with Crippen molar-refractivity contribution in [3.8, 4) is 0 Å². The molecular formula is C12H10BrClFNO. The first-order valence-corrected chi connectivity index (χ1v) is 6.16. The standard InChI is InChI=1S/C12H10BrClFNO/c1-16-12(10-4-5-11(14)17-10)7-2-3-9(15)8(13)6-7/h2-6,12,16H,1H3. The molecule has 0 aliphatic heterocycles. The van der Waals surface area contributed by atoms with E-state index in [1.807, 2.05) is 0 Å². The van der Waals surface area contributed by atoms with Gasteiger partial charge in [-0.25, -0.2) is 4.39 Å². The Morgan fingerprint density at radius 3 is 2.65 bits per heavy atom. The molecule has 0 fully saturated rings. The highest BCUT2D eigenvalue weighted by Gasteiger charge is 2.16. The molecule has 17 heavy (non-hydrogen) atoms. The summed E-state index contributed by atoms with van der Waals surface area (Å²) in [5.41, 5.74) is 0.895. The molecule has 2 rings (SSSR count). The van der Waals surface area contributed by atoms with Crippen LogP contribution in [0.2, 0.25) is 5.22 Å². The van der Waals surface area contributed by atoms with E-state index in [2.05, 4.69) is 21.2 Å². The van der Waals surface area contributed by atoms with Crippen LogP contribution in [0.5, 0.6) is 0 Å². The van der Waals surface area contributed by atoms with Crippen LogP contribution in [0, 0.1) is 5.82 Å². The van der Waals surface area contributed by atoms with E-state index < -0.39 is 0 Å². The van der Waals surface area contributed by atoms with Gasteiger partial charge in [0.1, 0.15) is 11.6 Å². The summed E-state index contributed by atoms with van der Waals surface area (Å²) in [7, 11) is 1.80. The van der Waals surface area contributed by atoms with Gasteiger partial charge in [-0.15, -0.1) is 0 Å². The van der Waals surface area contributed by atoms with Gasteiger partial charge in [0.2, 0.25) is 0 Å². The quantitative estimate of drug-likeness (QED) is 0.920. The van der Waals surface area contributed by atoms with Crippen molar-refractivity contribution in [1.82, 2.24) is 5.32 Å². The average Bonchev–Trinajstić information content (AvgIpc) is 2.71. The molecule has 0 aliphatic rings. The highest BCUT2D eigenvalue weighted by Crippen LogP contribution is 2.28. The summed E-state index contributed by atoms with van der Waals surface area (Å²) in [5, 5.41) is 3.43. The van der Waals surface area contributed by atoms with Gasteiger partial charge < -0.3 is 9.73 Å². The number of halogens is 3. The van der Waals surface area contributed by atoms with E-state index in [1.165, 1.54) is 6.07 Å².